The minimum absolute atomic E-state index is 0.641. The van der Waals surface area contributed by atoms with Crippen LogP contribution in [0.25, 0.3) is 0 Å². The second kappa shape index (κ2) is 5.62. The predicted octanol–water partition coefficient (Wildman–Crippen LogP) is 0.698. The molecule has 0 aromatic heterocycles. The van der Waals surface area contributed by atoms with E-state index in [9.17, 15) is 0 Å². The summed E-state index contributed by atoms with van der Waals surface area (Å²) in [5.41, 5.74) is 13.4. The molecular weight excluding hydrogens is 176 g/mol. The normalized spacial score (nSPS) is 10.2. The van der Waals surface area contributed by atoms with Gasteiger partial charge in [-0.15, -0.1) is 0 Å². The Kier molecular flexibility index (Phi) is 4.43. The van der Waals surface area contributed by atoms with Gasteiger partial charge in [-0.25, -0.2) is 0 Å². The molecule has 0 unspecified atom stereocenters. The first kappa shape index (κ1) is 11.0. The lowest BCUT2D eigenvalue weighted by atomic mass is 10.0. The van der Waals surface area contributed by atoms with Crippen molar-refractivity contribution in [1.29, 1.82) is 0 Å². The lowest BCUT2D eigenvalue weighted by molar-refractivity contribution is 0.409. The number of rotatable bonds is 5. The van der Waals surface area contributed by atoms with Crippen LogP contribution in [0, 0.1) is 0 Å². The second-order valence-corrected chi connectivity index (χ2v) is 3.22. The van der Waals surface area contributed by atoms with E-state index in [0.717, 1.165) is 18.6 Å². The topological polar surface area (TPSA) is 61.3 Å². The van der Waals surface area contributed by atoms with Crippen LogP contribution in [0.2, 0.25) is 0 Å². The number of hydrogen-bond donors (Lipinski definition) is 2. The molecule has 1 rings (SSSR count). The molecule has 3 heteroatoms. The zero-order valence-electron chi connectivity index (χ0n) is 8.62. The molecule has 0 amide bonds. The number of benzene rings is 1. The molecule has 0 saturated heterocycles. The lowest BCUT2D eigenvalue weighted by Gasteiger charge is -2.09. The van der Waals surface area contributed by atoms with E-state index in [-0.39, 0.29) is 0 Å². The number of hydrogen-bond acceptors (Lipinski definition) is 3. The molecule has 0 aliphatic heterocycles. The molecule has 0 atom stereocenters. The molecule has 78 valence electrons. The van der Waals surface area contributed by atoms with Crippen molar-refractivity contribution in [3.8, 4) is 5.75 Å². The maximum atomic E-state index is 5.53. The number of ether oxygens (including phenoxy) is 1. The van der Waals surface area contributed by atoms with Gasteiger partial charge in [0.1, 0.15) is 5.75 Å². The van der Waals surface area contributed by atoms with Crippen LogP contribution in [-0.2, 0) is 12.8 Å². The second-order valence-electron chi connectivity index (χ2n) is 3.22. The summed E-state index contributed by atoms with van der Waals surface area (Å²) >= 11 is 0. The van der Waals surface area contributed by atoms with Crippen LogP contribution in [0.15, 0.2) is 18.2 Å². The van der Waals surface area contributed by atoms with Gasteiger partial charge >= 0.3 is 0 Å². The monoisotopic (exact) mass is 194 g/mol. The van der Waals surface area contributed by atoms with Crippen molar-refractivity contribution in [3.63, 3.8) is 0 Å². The fourth-order valence-electron chi connectivity index (χ4n) is 1.50. The van der Waals surface area contributed by atoms with Crippen LogP contribution in [0.5, 0.6) is 5.75 Å². The zero-order valence-corrected chi connectivity index (χ0v) is 8.62. The molecule has 3 nitrogen and oxygen atoms in total. The van der Waals surface area contributed by atoms with Crippen LogP contribution in [-0.4, -0.2) is 20.2 Å². The van der Waals surface area contributed by atoms with Gasteiger partial charge in [-0.1, -0.05) is 12.1 Å². The molecule has 0 spiro atoms. The Labute approximate surface area is 85.0 Å². The van der Waals surface area contributed by atoms with Crippen molar-refractivity contribution >= 4 is 0 Å². The average molecular weight is 194 g/mol. The Balaban J connectivity index is 2.88. The minimum atomic E-state index is 0.641. The van der Waals surface area contributed by atoms with Crippen molar-refractivity contribution < 1.29 is 4.74 Å². The van der Waals surface area contributed by atoms with Crippen LogP contribution in [0.4, 0.5) is 0 Å². The Morgan fingerprint density at radius 3 is 2.43 bits per heavy atom. The molecule has 14 heavy (non-hydrogen) atoms. The summed E-state index contributed by atoms with van der Waals surface area (Å²) in [4.78, 5) is 0. The molecule has 0 heterocycles. The third kappa shape index (κ3) is 2.72. The lowest BCUT2D eigenvalue weighted by Crippen LogP contribution is -2.06. The summed E-state index contributed by atoms with van der Waals surface area (Å²) < 4.78 is 5.24. The van der Waals surface area contributed by atoms with Crippen LogP contribution in [0.1, 0.15) is 11.1 Å². The van der Waals surface area contributed by atoms with Crippen molar-refractivity contribution in [1.82, 2.24) is 0 Å². The molecule has 0 aliphatic carbocycles. The first-order valence-corrected chi connectivity index (χ1v) is 4.87. The molecule has 0 aliphatic rings. The first-order chi connectivity index (χ1) is 6.81. The van der Waals surface area contributed by atoms with Crippen LogP contribution in [0.3, 0.4) is 0 Å². The van der Waals surface area contributed by atoms with E-state index >= 15 is 0 Å². The fraction of sp³-hybridized carbons (Fsp3) is 0.455. The van der Waals surface area contributed by atoms with Gasteiger partial charge < -0.3 is 16.2 Å². The number of methoxy groups -OCH3 is 1. The zero-order chi connectivity index (χ0) is 10.4. The Hall–Kier alpha value is -1.06. The first-order valence-electron chi connectivity index (χ1n) is 4.87. The van der Waals surface area contributed by atoms with Crippen LogP contribution >= 0.6 is 0 Å². The van der Waals surface area contributed by atoms with Crippen molar-refractivity contribution in [2.45, 2.75) is 12.8 Å². The molecule has 1 aromatic rings. The Morgan fingerprint density at radius 1 is 1.14 bits per heavy atom. The molecule has 4 N–H and O–H groups in total. The van der Waals surface area contributed by atoms with E-state index in [4.69, 9.17) is 16.2 Å². The van der Waals surface area contributed by atoms with Gasteiger partial charge in [0.15, 0.2) is 0 Å². The van der Waals surface area contributed by atoms with Gasteiger partial charge in [0.25, 0.3) is 0 Å². The molecule has 0 radical (unpaired) electrons. The highest BCUT2D eigenvalue weighted by Crippen LogP contribution is 2.20. The van der Waals surface area contributed by atoms with E-state index in [1.807, 2.05) is 12.1 Å². The largest absolute Gasteiger partial charge is 0.496 e. The van der Waals surface area contributed by atoms with Crippen molar-refractivity contribution in [3.05, 3.63) is 29.3 Å². The van der Waals surface area contributed by atoms with E-state index in [1.54, 1.807) is 7.11 Å². The van der Waals surface area contributed by atoms with Crippen molar-refractivity contribution in [2.75, 3.05) is 20.2 Å². The van der Waals surface area contributed by atoms with Gasteiger partial charge in [-0.2, -0.15) is 0 Å². The molecule has 1 aromatic carbocycles. The van der Waals surface area contributed by atoms with Gasteiger partial charge in [0.2, 0.25) is 0 Å². The summed E-state index contributed by atoms with van der Waals surface area (Å²) in [5.74, 6) is 0.913. The van der Waals surface area contributed by atoms with Crippen LogP contribution < -0.4 is 16.2 Å². The highest BCUT2D eigenvalue weighted by Gasteiger charge is 2.02. The Bertz CT molecular complexity index is 287. The molecule has 0 saturated carbocycles. The third-order valence-electron chi connectivity index (χ3n) is 2.19. The summed E-state index contributed by atoms with van der Waals surface area (Å²) in [6, 6.07) is 6.15. The van der Waals surface area contributed by atoms with E-state index in [1.165, 1.54) is 11.1 Å². The maximum absolute atomic E-state index is 5.53. The molecular formula is C11H18N2O. The van der Waals surface area contributed by atoms with Gasteiger partial charge in [-0.05, 0) is 43.1 Å². The SMILES string of the molecule is COc1ccc(CCN)cc1CCN. The average Bonchev–Trinajstić information content (AvgIpc) is 2.19. The quantitative estimate of drug-likeness (QED) is 0.725. The smallest absolute Gasteiger partial charge is 0.122 e. The molecule has 0 fully saturated rings. The third-order valence-corrected chi connectivity index (χ3v) is 2.19. The highest BCUT2D eigenvalue weighted by molar-refractivity contribution is 5.37. The van der Waals surface area contributed by atoms with Gasteiger partial charge in [0, 0.05) is 0 Å². The van der Waals surface area contributed by atoms with E-state index < -0.39 is 0 Å². The maximum Gasteiger partial charge on any atom is 0.122 e. The van der Waals surface area contributed by atoms with E-state index in [0.29, 0.717) is 13.1 Å². The summed E-state index contributed by atoms with van der Waals surface area (Å²) in [5, 5.41) is 0. The summed E-state index contributed by atoms with van der Waals surface area (Å²) in [6.07, 6.45) is 1.75. The number of nitrogens with two attached hydrogens (primary N) is 2. The standard InChI is InChI=1S/C11H18N2O/c1-14-11-3-2-9(4-6-12)8-10(11)5-7-13/h2-3,8H,4-7,12-13H2,1H3. The minimum Gasteiger partial charge on any atom is -0.496 e. The highest BCUT2D eigenvalue weighted by atomic mass is 16.5. The predicted molar refractivity (Wildman–Crippen MR) is 58.5 cm³/mol. The van der Waals surface area contributed by atoms with E-state index in [2.05, 4.69) is 6.07 Å². The van der Waals surface area contributed by atoms with Gasteiger partial charge in [0.05, 0.1) is 7.11 Å². The molecule has 0 bridgehead atoms. The van der Waals surface area contributed by atoms with Gasteiger partial charge in [-0.3, -0.25) is 0 Å². The fourth-order valence-corrected chi connectivity index (χ4v) is 1.50. The summed E-state index contributed by atoms with van der Waals surface area (Å²) in [7, 11) is 1.68. The Morgan fingerprint density at radius 2 is 1.86 bits per heavy atom. The van der Waals surface area contributed by atoms with Crippen molar-refractivity contribution in [2.24, 2.45) is 11.5 Å². The summed E-state index contributed by atoms with van der Waals surface area (Å²) in [6.45, 7) is 1.32.